The molecule has 76 heavy (non-hydrogen) atoms. The lowest BCUT2D eigenvalue weighted by atomic mass is 9.94. The SMILES string of the molecule is C#Cc1c(F)ccc2cccc(-c3ncc4c(N5CC6CCC(C5)N6)nc(OC[C@@]56CC[C@@H](COC(=O)N(C)CCCCCCCNc7cccc8c7C(=O)N(C7CCC(=O)NC7=O)C8=O)N5CC(=C)C6)nc4c3F)c12. The predicted molar refractivity (Wildman–Crippen MR) is 281 cm³/mol. The molecule has 3 aromatic carbocycles. The number of amides is 5. The first kappa shape index (κ1) is 50.6. The van der Waals surface area contributed by atoms with E-state index in [9.17, 15) is 24.0 Å². The molecule has 0 aliphatic carbocycles. The van der Waals surface area contributed by atoms with Crippen LogP contribution in [0.1, 0.15) is 103 Å². The fraction of sp³-hybridized carbons (Fsp3) is 0.439. The molecule has 3 N–H and O–H groups in total. The van der Waals surface area contributed by atoms with Gasteiger partial charge in [0.1, 0.15) is 42.1 Å². The molecule has 5 atom stereocenters. The highest BCUT2D eigenvalue weighted by atomic mass is 19.1. The van der Waals surface area contributed by atoms with Crippen molar-refractivity contribution < 1.29 is 42.2 Å². The number of imide groups is 2. The summed E-state index contributed by atoms with van der Waals surface area (Å²) in [5.74, 6) is -0.422. The van der Waals surface area contributed by atoms with Gasteiger partial charge in [0.05, 0.1) is 27.6 Å². The Morgan fingerprint density at radius 3 is 2.54 bits per heavy atom. The van der Waals surface area contributed by atoms with Gasteiger partial charge in [0.25, 0.3) is 11.8 Å². The minimum absolute atomic E-state index is 0.00828. The van der Waals surface area contributed by atoms with E-state index in [4.69, 9.17) is 25.9 Å². The Morgan fingerprint density at radius 2 is 1.74 bits per heavy atom. The van der Waals surface area contributed by atoms with Crippen molar-refractivity contribution in [3.63, 3.8) is 0 Å². The minimum atomic E-state index is -1.02. The van der Waals surface area contributed by atoms with Gasteiger partial charge in [0, 0.05) is 87.2 Å². The number of carbonyl (C=O) groups is 5. The molecule has 6 aliphatic heterocycles. The van der Waals surface area contributed by atoms with E-state index in [0.29, 0.717) is 72.4 Å². The van der Waals surface area contributed by atoms with Gasteiger partial charge in [-0.15, -0.1) is 6.42 Å². The number of ether oxygens (including phenoxy) is 2. The maximum absolute atomic E-state index is 17.2. The molecule has 5 saturated heterocycles. The fourth-order valence-electron chi connectivity index (χ4n) is 12.4. The lowest BCUT2D eigenvalue weighted by molar-refractivity contribution is -0.136. The highest BCUT2D eigenvalue weighted by molar-refractivity contribution is 6.25. The van der Waals surface area contributed by atoms with Crippen molar-refractivity contribution in [3.8, 4) is 29.6 Å². The molecule has 3 unspecified atom stereocenters. The van der Waals surface area contributed by atoms with Crippen molar-refractivity contribution in [2.45, 2.75) is 107 Å². The number of nitrogens with one attached hydrogen (secondary N) is 3. The maximum Gasteiger partial charge on any atom is 0.409 e. The highest BCUT2D eigenvalue weighted by Gasteiger charge is 2.52. The number of piperazine rings is 1. The van der Waals surface area contributed by atoms with E-state index < -0.39 is 52.9 Å². The Hall–Kier alpha value is -7.56. The van der Waals surface area contributed by atoms with Crippen molar-refractivity contribution >= 4 is 62.9 Å². The molecular formula is C57H60F2N10O7. The van der Waals surface area contributed by atoms with Crippen LogP contribution in [-0.4, -0.2) is 142 Å². The Labute approximate surface area is 438 Å². The number of terminal acetylenes is 1. The Balaban J connectivity index is 0.685. The standard InChI is InChI=1S/C57H60F2N10O7/c1-4-38-42(58)19-16-34-12-10-13-39(46(34)38)49-48(59)50-41(27-61-49)51(67-29-35-17-18-36(30-67)62-35)65-55(64-50)76-32-57-23-22-37(68(57)28-33(2)26-57)31-75-56(74)66(3)25-9-7-5-6-8-24-60-43-15-11-14-40-47(43)54(73)69(53(40)72)44-20-21-45(70)63-52(44)71/h1,10-16,19,27,35-37,44,60,62H,2,5-9,17-18,20-26,28-32H2,3H3,(H,63,70,71)/t35?,36?,37-,44?,57-/m0/s1. The van der Waals surface area contributed by atoms with Gasteiger partial charge >= 0.3 is 12.1 Å². The van der Waals surface area contributed by atoms with Crippen LogP contribution in [0.4, 0.5) is 25.1 Å². The van der Waals surface area contributed by atoms with Gasteiger partial charge in [0.2, 0.25) is 11.8 Å². The van der Waals surface area contributed by atoms with Crippen LogP contribution in [0.3, 0.4) is 0 Å². The molecule has 2 bridgehead atoms. The number of carbonyl (C=O) groups excluding carboxylic acids is 5. The van der Waals surface area contributed by atoms with Gasteiger partial charge in [-0.25, -0.2) is 13.6 Å². The lowest BCUT2D eigenvalue weighted by Crippen LogP contribution is -2.54. The van der Waals surface area contributed by atoms with Crippen LogP contribution in [0.5, 0.6) is 6.01 Å². The summed E-state index contributed by atoms with van der Waals surface area (Å²) in [6.07, 6.45) is 15.7. The zero-order valence-electron chi connectivity index (χ0n) is 42.5. The Morgan fingerprint density at radius 1 is 0.961 bits per heavy atom. The zero-order chi connectivity index (χ0) is 52.8. The van der Waals surface area contributed by atoms with Gasteiger partial charge in [-0.3, -0.25) is 39.3 Å². The van der Waals surface area contributed by atoms with Crippen LogP contribution >= 0.6 is 0 Å². The summed E-state index contributed by atoms with van der Waals surface area (Å²) >= 11 is 0. The number of rotatable bonds is 17. The first-order valence-corrected chi connectivity index (χ1v) is 26.4. The third-order valence-corrected chi connectivity index (χ3v) is 16.2. The average molecular weight is 1040 g/mol. The number of aromatic nitrogens is 3. The van der Waals surface area contributed by atoms with Crippen LogP contribution in [0.2, 0.25) is 0 Å². The van der Waals surface area contributed by atoms with Gasteiger partial charge < -0.3 is 29.9 Å². The molecule has 5 fully saturated rings. The summed E-state index contributed by atoms with van der Waals surface area (Å²) < 4.78 is 44.7. The summed E-state index contributed by atoms with van der Waals surface area (Å²) in [6.45, 7) is 7.83. The molecular weight excluding hydrogens is 975 g/mol. The molecule has 11 rings (SSSR count). The molecule has 8 heterocycles. The molecule has 0 spiro atoms. The summed E-state index contributed by atoms with van der Waals surface area (Å²) in [7, 11) is 1.74. The second-order valence-electron chi connectivity index (χ2n) is 21.2. The monoisotopic (exact) mass is 1030 g/mol. The van der Waals surface area contributed by atoms with Crippen LogP contribution in [0.25, 0.3) is 32.9 Å². The number of hydrogen-bond donors (Lipinski definition) is 3. The van der Waals surface area contributed by atoms with Crippen LogP contribution in [0.15, 0.2) is 66.9 Å². The molecule has 6 aliphatic rings. The molecule has 2 aromatic heterocycles. The van der Waals surface area contributed by atoms with E-state index in [0.717, 1.165) is 68.3 Å². The summed E-state index contributed by atoms with van der Waals surface area (Å²) in [4.78, 5) is 85.4. The number of anilines is 2. The van der Waals surface area contributed by atoms with Crippen LogP contribution in [0, 0.1) is 24.0 Å². The van der Waals surface area contributed by atoms with E-state index >= 15 is 8.78 Å². The van der Waals surface area contributed by atoms with E-state index in [1.54, 1.807) is 60.6 Å². The van der Waals surface area contributed by atoms with Crippen molar-refractivity contribution in [3.05, 3.63) is 95.2 Å². The summed E-state index contributed by atoms with van der Waals surface area (Å²) in [5, 5.41) is 10.7. The minimum Gasteiger partial charge on any atom is -0.461 e. The second kappa shape index (κ2) is 20.9. The zero-order valence-corrected chi connectivity index (χ0v) is 42.5. The third-order valence-electron chi connectivity index (χ3n) is 16.2. The molecule has 17 nitrogen and oxygen atoms in total. The second-order valence-corrected chi connectivity index (χ2v) is 21.2. The van der Waals surface area contributed by atoms with E-state index in [-0.39, 0.29) is 78.1 Å². The van der Waals surface area contributed by atoms with Crippen molar-refractivity contribution in [1.29, 1.82) is 0 Å². The number of piperidine rings is 1. The number of pyridine rings is 1. The lowest BCUT2D eigenvalue weighted by Gasteiger charge is -2.35. The van der Waals surface area contributed by atoms with E-state index in [2.05, 4.69) is 43.2 Å². The number of fused-ring (bicyclic) bond motifs is 6. The number of hydrogen-bond acceptors (Lipinski definition) is 14. The number of unbranched alkanes of at least 4 members (excludes halogenated alkanes) is 4. The van der Waals surface area contributed by atoms with Crippen LogP contribution < -0.4 is 25.6 Å². The first-order chi connectivity index (χ1) is 36.8. The maximum atomic E-state index is 17.2. The van der Waals surface area contributed by atoms with Gasteiger partial charge in [-0.05, 0) is 75.0 Å². The molecule has 19 heteroatoms. The first-order valence-electron chi connectivity index (χ1n) is 26.4. The van der Waals surface area contributed by atoms with Crippen molar-refractivity contribution in [2.24, 2.45) is 0 Å². The normalized spacial score (nSPS) is 23.1. The van der Waals surface area contributed by atoms with Gasteiger partial charge in [-0.1, -0.05) is 67.7 Å². The number of halogens is 2. The Bertz CT molecular complexity index is 3240. The molecule has 0 radical (unpaired) electrons. The fourth-order valence-corrected chi connectivity index (χ4v) is 12.4. The number of nitrogens with zero attached hydrogens (tertiary/aromatic N) is 7. The van der Waals surface area contributed by atoms with Crippen molar-refractivity contribution in [1.82, 2.24) is 40.3 Å². The van der Waals surface area contributed by atoms with E-state index in [1.165, 1.54) is 6.07 Å². The summed E-state index contributed by atoms with van der Waals surface area (Å²) in [5.41, 5.74) is 2.01. The Kier molecular flexibility index (Phi) is 13.9. The molecule has 5 amide bonds. The average Bonchev–Trinajstić information content (AvgIpc) is 4.15. The molecule has 5 aromatic rings. The topological polar surface area (TPSA) is 192 Å². The van der Waals surface area contributed by atoms with Crippen molar-refractivity contribution in [2.75, 3.05) is 63.2 Å². The highest BCUT2D eigenvalue weighted by Crippen LogP contribution is 2.45. The van der Waals surface area contributed by atoms with Gasteiger partial charge in [-0.2, -0.15) is 9.97 Å². The molecule has 394 valence electrons. The number of benzene rings is 3. The smallest absolute Gasteiger partial charge is 0.409 e. The quantitative estimate of drug-likeness (QED) is 0.0369. The summed E-state index contributed by atoms with van der Waals surface area (Å²) in [6, 6.07) is 12.7. The van der Waals surface area contributed by atoms with Gasteiger partial charge in [0.15, 0.2) is 5.82 Å². The molecule has 0 saturated carbocycles. The van der Waals surface area contributed by atoms with Crippen LogP contribution in [-0.2, 0) is 14.3 Å². The van der Waals surface area contributed by atoms with E-state index in [1.807, 2.05) is 0 Å². The third kappa shape index (κ3) is 9.46. The predicted octanol–water partition coefficient (Wildman–Crippen LogP) is 7.12. The largest absolute Gasteiger partial charge is 0.461 e.